The molecule has 1 saturated heterocycles. The van der Waals surface area contributed by atoms with Crippen LogP contribution in [0.3, 0.4) is 0 Å². The molecule has 1 aliphatic heterocycles. The highest BCUT2D eigenvalue weighted by Crippen LogP contribution is 2.41. The number of nitrogens with one attached hydrogen (secondary N) is 1. The topological polar surface area (TPSA) is 51.0 Å². The fourth-order valence-electron chi connectivity index (χ4n) is 2.27. The van der Waals surface area contributed by atoms with Crippen LogP contribution in [0.1, 0.15) is 23.9 Å². The summed E-state index contributed by atoms with van der Waals surface area (Å²) in [7, 11) is 0. The lowest BCUT2D eigenvalue weighted by Gasteiger charge is -2.24. The average Bonchev–Trinajstić information content (AvgIpc) is 2.97. The Morgan fingerprint density at radius 1 is 1.24 bits per heavy atom. The van der Waals surface area contributed by atoms with Crippen molar-refractivity contribution >= 4 is 29.2 Å². The fourth-order valence-corrected chi connectivity index (χ4v) is 4.95. The minimum absolute atomic E-state index is 0.364. The standard InChI is InChI=1S/C15H19N3OS2/c1-11-14(21-10-9-20-11)15-17-13(19-18-15)7-8-16-12-5-3-2-4-6-12/h2-6,11,14,16H,7-10H2,1H3. The summed E-state index contributed by atoms with van der Waals surface area (Å²) in [6.45, 7) is 3.04. The maximum absolute atomic E-state index is 5.38. The highest BCUT2D eigenvalue weighted by molar-refractivity contribution is 8.06. The van der Waals surface area contributed by atoms with Crippen molar-refractivity contribution in [1.82, 2.24) is 10.1 Å². The Bertz CT molecular complexity index is 561. The fraction of sp³-hybridized carbons (Fsp3) is 0.467. The molecule has 0 aliphatic carbocycles. The normalized spacial score (nSPS) is 22.1. The number of para-hydroxylation sites is 1. The molecule has 3 rings (SSSR count). The molecule has 0 radical (unpaired) electrons. The maximum atomic E-state index is 5.38. The van der Waals surface area contributed by atoms with E-state index >= 15 is 0 Å². The lowest BCUT2D eigenvalue weighted by atomic mass is 10.3. The number of thioether (sulfide) groups is 2. The van der Waals surface area contributed by atoms with Crippen LogP contribution in [0, 0.1) is 0 Å². The summed E-state index contributed by atoms with van der Waals surface area (Å²) in [5.41, 5.74) is 1.12. The summed E-state index contributed by atoms with van der Waals surface area (Å²) in [5, 5.41) is 8.44. The van der Waals surface area contributed by atoms with Crippen molar-refractivity contribution in [3.8, 4) is 0 Å². The van der Waals surface area contributed by atoms with Gasteiger partial charge in [0.25, 0.3) is 0 Å². The van der Waals surface area contributed by atoms with Crippen LogP contribution in [0.4, 0.5) is 5.69 Å². The zero-order chi connectivity index (χ0) is 14.5. The number of benzene rings is 1. The first-order valence-electron chi connectivity index (χ1n) is 7.17. The molecule has 1 fully saturated rings. The van der Waals surface area contributed by atoms with Gasteiger partial charge in [0.1, 0.15) is 0 Å². The SMILES string of the molecule is CC1SCCSC1c1noc(CCNc2ccccc2)n1. The van der Waals surface area contributed by atoms with E-state index in [4.69, 9.17) is 4.52 Å². The van der Waals surface area contributed by atoms with Crippen LogP contribution in [-0.4, -0.2) is 33.4 Å². The molecule has 2 atom stereocenters. The van der Waals surface area contributed by atoms with Gasteiger partial charge < -0.3 is 9.84 Å². The molecule has 1 aromatic carbocycles. The number of hydrogen-bond donors (Lipinski definition) is 1. The van der Waals surface area contributed by atoms with Gasteiger partial charge in [0.2, 0.25) is 5.89 Å². The first-order chi connectivity index (χ1) is 10.3. The Kier molecular flexibility index (Phi) is 5.08. The molecule has 0 amide bonds. The second-order valence-corrected chi connectivity index (χ2v) is 7.69. The zero-order valence-corrected chi connectivity index (χ0v) is 13.6. The van der Waals surface area contributed by atoms with Crippen molar-refractivity contribution < 1.29 is 4.52 Å². The van der Waals surface area contributed by atoms with Gasteiger partial charge in [-0.15, -0.1) is 11.8 Å². The van der Waals surface area contributed by atoms with Gasteiger partial charge in [0.15, 0.2) is 5.82 Å². The van der Waals surface area contributed by atoms with Gasteiger partial charge in [-0.05, 0) is 12.1 Å². The van der Waals surface area contributed by atoms with Crippen LogP contribution in [0.5, 0.6) is 0 Å². The van der Waals surface area contributed by atoms with Gasteiger partial charge in [-0.3, -0.25) is 0 Å². The van der Waals surface area contributed by atoms with Gasteiger partial charge in [-0.1, -0.05) is 30.3 Å². The van der Waals surface area contributed by atoms with Gasteiger partial charge in [-0.25, -0.2) is 0 Å². The van der Waals surface area contributed by atoms with Gasteiger partial charge in [0, 0.05) is 35.4 Å². The molecular weight excluding hydrogens is 302 g/mol. The average molecular weight is 321 g/mol. The second-order valence-electron chi connectivity index (χ2n) is 4.96. The van der Waals surface area contributed by atoms with Crippen LogP contribution in [-0.2, 0) is 6.42 Å². The van der Waals surface area contributed by atoms with Crippen molar-refractivity contribution in [2.75, 3.05) is 23.4 Å². The van der Waals surface area contributed by atoms with Crippen molar-refractivity contribution in [1.29, 1.82) is 0 Å². The Hall–Kier alpha value is -1.14. The summed E-state index contributed by atoms with van der Waals surface area (Å²) < 4.78 is 5.38. The van der Waals surface area contributed by atoms with Crippen molar-refractivity contribution in [2.45, 2.75) is 23.8 Å². The molecule has 2 heterocycles. The molecule has 4 nitrogen and oxygen atoms in total. The minimum atomic E-state index is 0.364. The Balaban J connectivity index is 1.53. The van der Waals surface area contributed by atoms with E-state index in [9.17, 15) is 0 Å². The highest BCUT2D eigenvalue weighted by Gasteiger charge is 2.28. The maximum Gasteiger partial charge on any atom is 0.228 e. The first kappa shape index (κ1) is 14.8. The second kappa shape index (κ2) is 7.22. The molecule has 0 bridgehead atoms. The van der Waals surface area contributed by atoms with Gasteiger partial charge in [0.05, 0.1) is 5.25 Å². The monoisotopic (exact) mass is 321 g/mol. The number of hydrogen-bond acceptors (Lipinski definition) is 6. The molecule has 2 aromatic rings. The molecule has 0 spiro atoms. The summed E-state index contributed by atoms with van der Waals surface area (Å²) in [6.07, 6.45) is 0.751. The first-order valence-corrected chi connectivity index (χ1v) is 9.27. The lowest BCUT2D eigenvalue weighted by Crippen LogP contribution is -2.17. The highest BCUT2D eigenvalue weighted by atomic mass is 32.2. The van der Waals surface area contributed by atoms with Crippen molar-refractivity contribution in [3.05, 3.63) is 42.0 Å². The van der Waals surface area contributed by atoms with Gasteiger partial charge >= 0.3 is 0 Å². The Labute approximate surface area is 133 Å². The number of aromatic nitrogens is 2. The van der Waals surface area contributed by atoms with E-state index in [0.29, 0.717) is 10.5 Å². The molecule has 112 valence electrons. The quantitative estimate of drug-likeness (QED) is 0.907. The molecule has 0 saturated carbocycles. The summed E-state index contributed by atoms with van der Waals surface area (Å²) >= 11 is 3.93. The van der Waals surface area contributed by atoms with Crippen LogP contribution in [0.2, 0.25) is 0 Å². The van der Waals surface area contributed by atoms with E-state index in [1.54, 1.807) is 0 Å². The van der Waals surface area contributed by atoms with E-state index in [1.807, 2.05) is 41.7 Å². The zero-order valence-electron chi connectivity index (χ0n) is 12.0. The van der Waals surface area contributed by atoms with E-state index in [0.717, 1.165) is 30.4 Å². The summed E-state index contributed by atoms with van der Waals surface area (Å²) in [4.78, 5) is 4.56. The van der Waals surface area contributed by atoms with Crippen molar-refractivity contribution in [3.63, 3.8) is 0 Å². The van der Waals surface area contributed by atoms with Crippen LogP contribution >= 0.6 is 23.5 Å². The minimum Gasteiger partial charge on any atom is -0.385 e. The molecule has 21 heavy (non-hydrogen) atoms. The Morgan fingerprint density at radius 3 is 2.86 bits per heavy atom. The molecule has 2 unspecified atom stereocenters. The summed E-state index contributed by atoms with van der Waals surface area (Å²) in [5.74, 6) is 3.96. The van der Waals surface area contributed by atoms with Crippen LogP contribution < -0.4 is 5.32 Å². The third-order valence-electron chi connectivity index (χ3n) is 3.37. The van der Waals surface area contributed by atoms with Crippen LogP contribution in [0.25, 0.3) is 0 Å². The summed E-state index contributed by atoms with van der Waals surface area (Å²) in [6, 6.07) is 10.2. The van der Waals surface area contributed by atoms with E-state index < -0.39 is 0 Å². The third-order valence-corrected chi connectivity index (χ3v) is 6.45. The molecule has 6 heteroatoms. The lowest BCUT2D eigenvalue weighted by molar-refractivity contribution is 0.375. The van der Waals surface area contributed by atoms with Crippen molar-refractivity contribution in [2.24, 2.45) is 0 Å². The molecule has 1 aromatic heterocycles. The smallest absolute Gasteiger partial charge is 0.228 e. The number of anilines is 1. The predicted molar refractivity (Wildman–Crippen MR) is 90.1 cm³/mol. The largest absolute Gasteiger partial charge is 0.385 e. The van der Waals surface area contributed by atoms with E-state index in [2.05, 4.69) is 34.5 Å². The van der Waals surface area contributed by atoms with Gasteiger partial charge in [-0.2, -0.15) is 16.7 Å². The van der Waals surface area contributed by atoms with E-state index in [-0.39, 0.29) is 0 Å². The Morgan fingerprint density at radius 2 is 2.05 bits per heavy atom. The molecule has 1 N–H and O–H groups in total. The van der Waals surface area contributed by atoms with E-state index in [1.165, 1.54) is 11.5 Å². The number of nitrogens with zero attached hydrogens (tertiary/aromatic N) is 2. The van der Waals surface area contributed by atoms with Crippen LogP contribution in [0.15, 0.2) is 34.9 Å². The number of rotatable bonds is 5. The molecule has 1 aliphatic rings. The molecular formula is C15H19N3OS2. The third kappa shape index (κ3) is 3.95. The predicted octanol–water partition coefficient (Wildman–Crippen LogP) is 3.63.